The molecule has 6 nitrogen and oxygen atoms in total. The van der Waals surface area contributed by atoms with Crippen LogP contribution in [0.3, 0.4) is 0 Å². The monoisotopic (exact) mass is 298 g/mol. The molecule has 0 aliphatic carbocycles. The average Bonchev–Trinajstić information content (AvgIpc) is 3.07. The quantitative estimate of drug-likeness (QED) is 0.808. The summed E-state index contributed by atoms with van der Waals surface area (Å²) >= 11 is 0. The number of anilines is 1. The highest BCUT2D eigenvalue weighted by atomic mass is 16.3. The second-order valence-electron chi connectivity index (χ2n) is 5.19. The van der Waals surface area contributed by atoms with Gasteiger partial charge in [0.05, 0.1) is 12.0 Å². The molecule has 1 amide bonds. The molecule has 3 rings (SSSR count). The van der Waals surface area contributed by atoms with Crippen LogP contribution in [0.4, 0.5) is 5.82 Å². The van der Waals surface area contributed by atoms with Gasteiger partial charge in [-0.05, 0) is 37.3 Å². The maximum Gasteiger partial charge on any atom is 0.246 e. The summed E-state index contributed by atoms with van der Waals surface area (Å²) in [5.74, 6) is 1.55. The van der Waals surface area contributed by atoms with E-state index in [2.05, 4.69) is 15.1 Å². The van der Waals surface area contributed by atoms with E-state index >= 15 is 0 Å². The van der Waals surface area contributed by atoms with E-state index in [0.717, 1.165) is 24.6 Å². The number of nitrogens with zero attached hydrogens (tertiary/aromatic N) is 4. The minimum absolute atomic E-state index is 0.00559. The number of furan rings is 1. The summed E-state index contributed by atoms with van der Waals surface area (Å²) in [5.41, 5.74) is 0.903. The second-order valence-corrected chi connectivity index (χ2v) is 5.19. The minimum atomic E-state index is 0.00559. The number of aromatic nitrogens is 2. The third-order valence-electron chi connectivity index (χ3n) is 3.63. The van der Waals surface area contributed by atoms with Crippen LogP contribution in [-0.4, -0.2) is 47.2 Å². The Morgan fingerprint density at radius 3 is 2.64 bits per heavy atom. The van der Waals surface area contributed by atoms with Gasteiger partial charge in [0.15, 0.2) is 5.82 Å². The van der Waals surface area contributed by atoms with E-state index in [1.54, 1.807) is 24.5 Å². The lowest BCUT2D eigenvalue weighted by atomic mass is 10.3. The van der Waals surface area contributed by atoms with Gasteiger partial charge in [0, 0.05) is 32.3 Å². The van der Waals surface area contributed by atoms with Crippen molar-refractivity contribution in [2.45, 2.75) is 6.92 Å². The van der Waals surface area contributed by atoms with Crippen LogP contribution in [0.5, 0.6) is 0 Å². The van der Waals surface area contributed by atoms with Crippen LogP contribution in [0.25, 0.3) is 6.08 Å². The first kappa shape index (κ1) is 14.3. The van der Waals surface area contributed by atoms with Crippen molar-refractivity contribution >= 4 is 17.8 Å². The van der Waals surface area contributed by atoms with Crippen LogP contribution in [0.1, 0.15) is 11.5 Å². The molecule has 0 saturated carbocycles. The zero-order valence-corrected chi connectivity index (χ0v) is 12.5. The van der Waals surface area contributed by atoms with Crippen molar-refractivity contribution in [3.8, 4) is 0 Å². The fraction of sp³-hybridized carbons (Fsp3) is 0.312. The molecule has 0 spiro atoms. The van der Waals surface area contributed by atoms with Gasteiger partial charge in [-0.1, -0.05) is 0 Å². The third-order valence-corrected chi connectivity index (χ3v) is 3.63. The van der Waals surface area contributed by atoms with Crippen LogP contribution >= 0.6 is 0 Å². The summed E-state index contributed by atoms with van der Waals surface area (Å²) in [7, 11) is 0. The number of carbonyl (C=O) groups is 1. The van der Waals surface area contributed by atoms with Gasteiger partial charge >= 0.3 is 0 Å². The first-order valence-electron chi connectivity index (χ1n) is 7.28. The second kappa shape index (κ2) is 6.43. The molecule has 0 N–H and O–H groups in total. The maximum atomic E-state index is 12.1. The van der Waals surface area contributed by atoms with Gasteiger partial charge in [-0.3, -0.25) is 4.79 Å². The summed E-state index contributed by atoms with van der Waals surface area (Å²) < 4.78 is 5.17. The molecule has 1 fully saturated rings. The van der Waals surface area contributed by atoms with Gasteiger partial charge in [-0.25, -0.2) is 0 Å². The van der Waals surface area contributed by atoms with Crippen molar-refractivity contribution in [1.82, 2.24) is 15.1 Å². The Morgan fingerprint density at radius 2 is 2.00 bits per heavy atom. The topological polar surface area (TPSA) is 62.5 Å². The van der Waals surface area contributed by atoms with Crippen molar-refractivity contribution in [2.24, 2.45) is 0 Å². The molecule has 0 bridgehead atoms. The number of piperazine rings is 1. The molecule has 114 valence electrons. The number of hydrogen-bond donors (Lipinski definition) is 0. The Balaban J connectivity index is 1.55. The van der Waals surface area contributed by atoms with Gasteiger partial charge in [0.2, 0.25) is 5.91 Å². The maximum absolute atomic E-state index is 12.1. The largest absolute Gasteiger partial charge is 0.465 e. The SMILES string of the molecule is Cc1ccc(N2CCN(C(=O)/C=C/c3ccco3)CC2)nn1. The normalized spacial score (nSPS) is 15.5. The molecule has 0 unspecified atom stereocenters. The zero-order chi connectivity index (χ0) is 15.4. The standard InChI is InChI=1S/C16H18N4O2/c1-13-4-6-15(18-17-13)19-8-10-20(11-9-19)16(21)7-5-14-3-2-12-22-14/h2-7,12H,8-11H2,1H3/b7-5+. The first-order chi connectivity index (χ1) is 10.7. The van der Waals surface area contributed by atoms with Crippen molar-refractivity contribution in [1.29, 1.82) is 0 Å². The van der Waals surface area contributed by atoms with Crippen LogP contribution < -0.4 is 4.90 Å². The lowest BCUT2D eigenvalue weighted by molar-refractivity contribution is -0.126. The van der Waals surface area contributed by atoms with Crippen LogP contribution in [0.15, 0.2) is 41.0 Å². The van der Waals surface area contributed by atoms with Gasteiger partial charge in [0.1, 0.15) is 5.76 Å². The van der Waals surface area contributed by atoms with Crippen LogP contribution in [-0.2, 0) is 4.79 Å². The van der Waals surface area contributed by atoms with Crippen molar-refractivity contribution < 1.29 is 9.21 Å². The molecule has 1 saturated heterocycles. The van der Waals surface area contributed by atoms with E-state index in [0.29, 0.717) is 18.8 Å². The predicted molar refractivity (Wildman–Crippen MR) is 83.3 cm³/mol. The Labute approximate surface area is 129 Å². The summed E-state index contributed by atoms with van der Waals surface area (Å²) in [4.78, 5) is 16.1. The van der Waals surface area contributed by atoms with E-state index in [4.69, 9.17) is 4.42 Å². The van der Waals surface area contributed by atoms with Gasteiger partial charge in [-0.15, -0.1) is 5.10 Å². The van der Waals surface area contributed by atoms with Crippen LogP contribution in [0, 0.1) is 6.92 Å². The number of aryl methyl sites for hydroxylation is 1. The highest BCUT2D eigenvalue weighted by Gasteiger charge is 2.20. The summed E-state index contributed by atoms with van der Waals surface area (Å²) in [6.45, 7) is 4.79. The van der Waals surface area contributed by atoms with Crippen molar-refractivity contribution in [3.05, 3.63) is 48.1 Å². The van der Waals surface area contributed by atoms with E-state index < -0.39 is 0 Å². The molecule has 0 aromatic carbocycles. The molecular formula is C16H18N4O2. The van der Waals surface area contributed by atoms with Crippen molar-refractivity contribution in [2.75, 3.05) is 31.1 Å². The number of hydrogen-bond acceptors (Lipinski definition) is 5. The molecule has 3 heterocycles. The number of amides is 1. The molecule has 22 heavy (non-hydrogen) atoms. The third kappa shape index (κ3) is 3.33. The van der Waals surface area contributed by atoms with E-state index in [-0.39, 0.29) is 5.91 Å². The highest BCUT2D eigenvalue weighted by molar-refractivity contribution is 5.91. The Morgan fingerprint density at radius 1 is 1.18 bits per heavy atom. The summed E-state index contributed by atoms with van der Waals surface area (Å²) in [5, 5.41) is 8.26. The molecule has 1 aliphatic heterocycles. The molecule has 1 aliphatic rings. The van der Waals surface area contributed by atoms with E-state index in [9.17, 15) is 4.79 Å². The highest BCUT2D eigenvalue weighted by Crippen LogP contribution is 2.13. The molecule has 0 atom stereocenters. The first-order valence-corrected chi connectivity index (χ1v) is 7.28. The van der Waals surface area contributed by atoms with Crippen molar-refractivity contribution in [3.63, 3.8) is 0 Å². The van der Waals surface area contributed by atoms with Gasteiger partial charge < -0.3 is 14.2 Å². The fourth-order valence-electron chi connectivity index (χ4n) is 2.36. The molecule has 2 aromatic rings. The Kier molecular flexibility index (Phi) is 4.18. The lowest BCUT2D eigenvalue weighted by Crippen LogP contribution is -2.48. The Hall–Kier alpha value is -2.63. The molecule has 2 aromatic heterocycles. The van der Waals surface area contributed by atoms with Gasteiger partial charge in [-0.2, -0.15) is 5.10 Å². The van der Waals surface area contributed by atoms with E-state index in [1.807, 2.05) is 30.0 Å². The van der Waals surface area contributed by atoms with Gasteiger partial charge in [0.25, 0.3) is 0 Å². The molecule has 6 heteroatoms. The predicted octanol–water partition coefficient (Wildman–Crippen LogP) is 1.74. The summed E-state index contributed by atoms with van der Waals surface area (Å²) in [6, 6.07) is 7.53. The van der Waals surface area contributed by atoms with Crippen LogP contribution in [0.2, 0.25) is 0 Å². The smallest absolute Gasteiger partial charge is 0.246 e. The lowest BCUT2D eigenvalue weighted by Gasteiger charge is -2.34. The summed E-state index contributed by atoms with van der Waals surface area (Å²) in [6.07, 6.45) is 4.84. The molecular weight excluding hydrogens is 280 g/mol. The fourth-order valence-corrected chi connectivity index (χ4v) is 2.36. The average molecular weight is 298 g/mol. The number of carbonyl (C=O) groups excluding carboxylic acids is 1. The Bertz CT molecular complexity index is 641. The van der Waals surface area contributed by atoms with E-state index in [1.165, 1.54) is 0 Å². The molecule has 0 radical (unpaired) electrons. The zero-order valence-electron chi connectivity index (χ0n) is 12.5. The number of rotatable bonds is 3. The minimum Gasteiger partial charge on any atom is -0.465 e.